The van der Waals surface area contributed by atoms with E-state index in [1.807, 2.05) is 30.0 Å². The Morgan fingerprint density at radius 1 is 1.12 bits per heavy atom. The summed E-state index contributed by atoms with van der Waals surface area (Å²) in [6, 6.07) is 5.99. The summed E-state index contributed by atoms with van der Waals surface area (Å²) in [5.74, 6) is 1.71. The van der Waals surface area contributed by atoms with E-state index in [2.05, 4.69) is 0 Å². The van der Waals surface area contributed by atoms with Gasteiger partial charge in [0, 0.05) is 36.9 Å². The fourth-order valence-electron chi connectivity index (χ4n) is 3.43. The van der Waals surface area contributed by atoms with Crippen molar-refractivity contribution in [3.63, 3.8) is 0 Å². The van der Waals surface area contributed by atoms with Gasteiger partial charge in [-0.25, -0.2) is 0 Å². The summed E-state index contributed by atoms with van der Waals surface area (Å²) >= 11 is 1.81. The van der Waals surface area contributed by atoms with E-state index in [-0.39, 0.29) is 49.2 Å². The Morgan fingerprint density at radius 2 is 1.88 bits per heavy atom. The van der Waals surface area contributed by atoms with Crippen LogP contribution in [0.2, 0.25) is 0 Å². The highest BCUT2D eigenvalue weighted by Crippen LogP contribution is 2.40. The zero-order valence-electron chi connectivity index (χ0n) is 14.3. The van der Waals surface area contributed by atoms with Crippen LogP contribution < -0.4 is 9.47 Å². The van der Waals surface area contributed by atoms with Gasteiger partial charge in [0.2, 0.25) is 24.5 Å². The number of imide groups is 1. The number of nitrogens with zero attached hydrogens (tertiary/aromatic N) is 2. The maximum atomic E-state index is 12.5. The second-order valence-electron chi connectivity index (χ2n) is 6.52. The monoisotopic (exact) mass is 376 g/mol. The van der Waals surface area contributed by atoms with E-state index in [0.717, 1.165) is 28.6 Å². The molecule has 1 aromatic rings. The van der Waals surface area contributed by atoms with Gasteiger partial charge >= 0.3 is 0 Å². The third-order valence-electron chi connectivity index (χ3n) is 4.91. The van der Waals surface area contributed by atoms with E-state index in [9.17, 15) is 14.4 Å². The molecule has 1 aromatic carbocycles. The smallest absolute Gasteiger partial charge is 0.242 e. The lowest BCUT2D eigenvalue weighted by molar-refractivity contribution is -0.145. The van der Waals surface area contributed by atoms with Gasteiger partial charge in [-0.3, -0.25) is 19.3 Å². The average Bonchev–Trinajstić information content (AvgIpc) is 3.13. The molecular weight excluding hydrogens is 356 g/mol. The highest BCUT2D eigenvalue weighted by atomic mass is 32.2. The minimum Gasteiger partial charge on any atom is -0.454 e. The van der Waals surface area contributed by atoms with Crippen LogP contribution in [0.3, 0.4) is 0 Å². The van der Waals surface area contributed by atoms with Crippen LogP contribution in [0.4, 0.5) is 0 Å². The number of carbonyl (C=O) groups excluding carboxylic acids is 3. The van der Waals surface area contributed by atoms with Crippen LogP contribution in [0.1, 0.15) is 30.1 Å². The highest BCUT2D eigenvalue weighted by Gasteiger charge is 2.32. The van der Waals surface area contributed by atoms with Crippen molar-refractivity contribution in [3.8, 4) is 11.5 Å². The van der Waals surface area contributed by atoms with Crippen LogP contribution in [-0.4, -0.2) is 59.7 Å². The van der Waals surface area contributed by atoms with Crippen molar-refractivity contribution >= 4 is 29.5 Å². The van der Waals surface area contributed by atoms with Crippen LogP contribution in [0.15, 0.2) is 18.2 Å². The number of carbonyl (C=O) groups is 3. The first-order chi connectivity index (χ1) is 12.6. The first kappa shape index (κ1) is 17.2. The van der Waals surface area contributed by atoms with Crippen molar-refractivity contribution in [2.75, 3.05) is 32.2 Å². The molecule has 0 N–H and O–H groups in total. The summed E-state index contributed by atoms with van der Waals surface area (Å²) in [4.78, 5) is 38.8. The van der Waals surface area contributed by atoms with Crippen molar-refractivity contribution in [1.29, 1.82) is 0 Å². The molecule has 4 rings (SSSR count). The SMILES string of the molecule is O=C(CN1C(=O)CCC1=O)N1CCSC(c2ccc3c(c2)OCO3)CC1. The minimum absolute atomic E-state index is 0.128. The Bertz CT molecular complexity index is 737. The van der Waals surface area contributed by atoms with Gasteiger partial charge in [0.1, 0.15) is 6.54 Å². The van der Waals surface area contributed by atoms with Gasteiger partial charge in [-0.1, -0.05) is 6.07 Å². The number of thioether (sulfide) groups is 1. The topological polar surface area (TPSA) is 76.2 Å². The van der Waals surface area contributed by atoms with Crippen molar-refractivity contribution < 1.29 is 23.9 Å². The second kappa shape index (κ2) is 7.19. The lowest BCUT2D eigenvalue weighted by atomic mass is 10.1. The maximum absolute atomic E-state index is 12.5. The van der Waals surface area contributed by atoms with Crippen molar-refractivity contribution in [1.82, 2.24) is 9.80 Å². The zero-order valence-corrected chi connectivity index (χ0v) is 15.1. The van der Waals surface area contributed by atoms with Crippen LogP contribution in [0.5, 0.6) is 11.5 Å². The molecule has 0 bridgehead atoms. The number of hydrogen-bond acceptors (Lipinski definition) is 6. The van der Waals surface area contributed by atoms with Gasteiger partial charge in [-0.15, -0.1) is 0 Å². The highest BCUT2D eigenvalue weighted by molar-refractivity contribution is 7.99. The molecule has 26 heavy (non-hydrogen) atoms. The van der Waals surface area contributed by atoms with E-state index >= 15 is 0 Å². The first-order valence-corrected chi connectivity index (χ1v) is 9.79. The van der Waals surface area contributed by atoms with Gasteiger partial charge in [-0.05, 0) is 24.1 Å². The molecule has 8 heteroatoms. The van der Waals surface area contributed by atoms with Crippen LogP contribution >= 0.6 is 11.8 Å². The van der Waals surface area contributed by atoms with Gasteiger partial charge < -0.3 is 14.4 Å². The summed E-state index contributed by atoms with van der Waals surface area (Å²) in [5, 5.41) is 0.275. The summed E-state index contributed by atoms with van der Waals surface area (Å²) < 4.78 is 10.8. The molecule has 3 aliphatic rings. The molecule has 1 atom stereocenters. The zero-order chi connectivity index (χ0) is 18.1. The van der Waals surface area contributed by atoms with Crippen LogP contribution in [-0.2, 0) is 14.4 Å². The largest absolute Gasteiger partial charge is 0.454 e. The molecule has 3 amide bonds. The van der Waals surface area contributed by atoms with E-state index in [0.29, 0.717) is 13.1 Å². The summed E-state index contributed by atoms with van der Waals surface area (Å²) in [5.41, 5.74) is 1.17. The van der Waals surface area contributed by atoms with Crippen molar-refractivity contribution in [2.45, 2.75) is 24.5 Å². The Morgan fingerprint density at radius 3 is 2.69 bits per heavy atom. The fourth-order valence-corrected chi connectivity index (χ4v) is 4.66. The molecule has 0 aromatic heterocycles. The van der Waals surface area contributed by atoms with Crippen LogP contribution in [0.25, 0.3) is 0 Å². The molecule has 3 aliphatic heterocycles. The molecular formula is C18H20N2O5S. The fraction of sp³-hybridized carbons (Fsp3) is 0.500. The van der Waals surface area contributed by atoms with E-state index in [1.165, 1.54) is 5.56 Å². The Hall–Kier alpha value is -2.22. The summed E-state index contributed by atoms with van der Waals surface area (Å²) in [7, 11) is 0. The standard InChI is InChI=1S/C18H20N2O5S/c21-16-3-4-17(22)20(16)10-18(23)19-6-5-15(26-8-7-19)12-1-2-13-14(9-12)25-11-24-13/h1-2,9,15H,3-8,10-11H2. The molecule has 3 heterocycles. The quantitative estimate of drug-likeness (QED) is 0.746. The normalized spacial score (nSPS) is 22.7. The van der Waals surface area contributed by atoms with Gasteiger partial charge in [0.05, 0.1) is 0 Å². The molecule has 2 fully saturated rings. The Kier molecular flexibility index (Phi) is 4.76. The molecule has 0 radical (unpaired) electrons. The van der Waals surface area contributed by atoms with E-state index < -0.39 is 0 Å². The number of hydrogen-bond donors (Lipinski definition) is 0. The van der Waals surface area contributed by atoms with Gasteiger partial charge in [0.25, 0.3) is 0 Å². The Balaban J connectivity index is 1.38. The molecule has 1 unspecified atom stereocenters. The summed E-state index contributed by atoms with van der Waals surface area (Å²) in [6.45, 7) is 1.37. The van der Waals surface area contributed by atoms with Crippen molar-refractivity contribution in [3.05, 3.63) is 23.8 Å². The predicted molar refractivity (Wildman–Crippen MR) is 94.9 cm³/mol. The number of ether oxygens (including phenoxy) is 2. The number of fused-ring (bicyclic) bond motifs is 1. The van der Waals surface area contributed by atoms with Gasteiger partial charge in [-0.2, -0.15) is 11.8 Å². The van der Waals surface area contributed by atoms with Crippen LogP contribution in [0, 0.1) is 0 Å². The minimum atomic E-state index is -0.245. The third-order valence-corrected chi connectivity index (χ3v) is 6.24. The molecule has 0 spiro atoms. The Labute approximate surface area is 155 Å². The number of amides is 3. The molecule has 0 aliphatic carbocycles. The number of rotatable bonds is 3. The molecule has 0 saturated carbocycles. The van der Waals surface area contributed by atoms with E-state index in [4.69, 9.17) is 9.47 Å². The second-order valence-corrected chi connectivity index (χ2v) is 7.83. The number of likely N-dealkylation sites (tertiary alicyclic amines) is 1. The average molecular weight is 376 g/mol. The van der Waals surface area contributed by atoms with E-state index in [1.54, 1.807) is 4.90 Å². The predicted octanol–water partition coefficient (Wildman–Crippen LogP) is 1.57. The maximum Gasteiger partial charge on any atom is 0.242 e. The number of benzene rings is 1. The molecule has 2 saturated heterocycles. The lowest BCUT2D eigenvalue weighted by Crippen LogP contribution is -2.43. The summed E-state index contributed by atoms with van der Waals surface area (Å²) in [6.07, 6.45) is 1.25. The third kappa shape index (κ3) is 3.38. The first-order valence-electron chi connectivity index (χ1n) is 8.74. The lowest BCUT2D eigenvalue weighted by Gasteiger charge is -2.23. The molecule has 7 nitrogen and oxygen atoms in total. The van der Waals surface area contributed by atoms with Crippen molar-refractivity contribution in [2.24, 2.45) is 0 Å². The van der Waals surface area contributed by atoms with Gasteiger partial charge in [0.15, 0.2) is 11.5 Å². The molecule has 138 valence electrons.